The molecule has 4 rings (SSSR count). The Bertz CT molecular complexity index is 956. The van der Waals surface area contributed by atoms with E-state index in [9.17, 15) is 4.79 Å². The van der Waals surface area contributed by atoms with E-state index in [0.717, 1.165) is 23.7 Å². The van der Waals surface area contributed by atoms with E-state index in [4.69, 9.17) is 11.6 Å². The van der Waals surface area contributed by atoms with Crippen LogP contribution in [-0.2, 0) is 0 Å². The van der Waals surface area contributed by atoms with Crippen molar-refractivity contribution in [2.75, 3.05) is 23.7 Å². The van der Waals surface area contributed by atoms with Crippen molar-refractivity contribution in [1.29, 1.82) is 0 Å². The zero-order valence-electron chi connectivity index (χ0n) is 13.4. The van der Waals surface area contributed by atoms with Gasteiger partial charge in [0.05, 0.1) is 39.3 Å². The minimum absolute atomic E-state index is 0.199. The van der Waals surface area contributed by atoms with Crippen LogP contribution >= 0.6 is 69.1 Å². The van der Waals surface area contributed by atoms with Gasteiger partial charge in [0.25, 0.3) is 0 Å². The lowest BCUT2D eigenvalue weighted by molar-refractivity contribution is 0.322. The number of benzene rings is 1. The number of rotatable bonds is 0. The number of anilines is 1. The number of thioether (sulfide) groups is 1. The molecule has 3 heterocycles. The fourth-order valence-electron chi connectivity index (χ4n) is 3.38. The molecule has 1 saturated heterocycles. The molecule has 0 radical (unpaired) electrons. The monoisotopic (exact) mass is 606 g/mol. The van der Waals surface area contributed by atoms with E-state index in [1.807, 2.05) is 22.9 Å². The normalized spacial score (nSPS) is 23.7. The van der Waals surface area contributed by atoms with Crippen LogP contribution in [0.25, 0.3) is 10.9 Å². The zero-order chi connectivity index (χ0) is 18.0. The van der Waals surface area contributed by atoms with Gasteiger partial charge in [-0.15, -0.1) is 11.8 Å². The van der Waals surface area contributed by atoms with Crippen LogP contribution < -0.4 is 10.6 Å². The summed E-state index contributed by atoms with van der Waals surface area (Å²) in [7, 11) is 0. The molecule has 1 fully saturated rings. The van der Waals surface area contributed by atoms with Crippen LogP contribution in [0, 0.1) is 12.7 Å². The Kier molecular flexibility index (Phi) is 4.92. The lowest BCUT2D eigenvalue weighted by Crippen LogP contribution is -2.55. The fourth-order valence-corrected chi connectivity index (χ4v) is 6.17. The average molecular weight is 607 g/mol. The predicted molar refractivity (Wildman–Crippen MR) is 117 cm³/mol. The number of halogens is 4. The SMILES string of the molecule is Cc1c(Cl)c2c3c(nc(=O)n(I)c3c1F)N1CC(C)N(I)CC1CS2. The summed E-state index contributed by atoms with van der Waals surface area (Å²) in [6, 6.07) is 0.512. The second kappa shape index (κ2) is 6.64. The molecule has 0 saturated carbocycles. The van der Waals surface area contributed by atoms with Gasteiger partial charge in [-0.2, -0.15) is 4.98 Å². The molecule has 0 N–H and O–H groups in total. The van der Waals surface area contributed by atoms with Crippen LogP contribution in [0.1, 0.15) is 12.5 Å². The van der Waals surface area contributed by atoms with Gasteiger partial charge in [0.1, 0.15) is 11.3 Å². The van der Waals surface area contributed by atoms with E-state index < -0.39 is 11.5 Å². The van der Waals surface area contributed by atoms with Crippen molar-refractivity contribution < 1.29 is 4.39 Å². The van der Waals surface area contributed by atoms with Crippen LogP contribution in [0.4, 0.5) is 10.2 Å². The van der Waals surface area contributed by atoms with Gasteiger partial charge in [-0.1, -0.05) is 11.6 Å². The average Bonchev–Trinajstić information content (AvgIpc) is 2.71. The zero-order valence-corrected chi connectivity index (χ0v) is 19.3. The molecule has 1 aromatic heterocycles. The number of hydrogen-bond acceptors (Lipinski definition) is 5. The Balaban J connectivity index is 2.09. The smallest absolute Gasteiger partial charge is 0.349 e. The van der Waals surface area contributed by atoms with E-state index in [0.29, 0.717) is 27.8 Å². The van der Waals surface area contributed by atoms with Crippen LogP contribution in [0.15, 0.2) is 9.69 Å². The van der Waals surface area contributed by atoms with Crippen molar-refractivity contribution in [2.24, 2.45) is 0 Å². The fraction of sp³-hybridized carbons (Fsp3) is 0.467. The molecule has 2 aliphatic heterocycles. The Hall–Kier alpha value is 0.150. The van der Waals surface area contributed by atoms with Crippen molar-refractivity contribution in [3.8, 4) is 0 Å². The third-order valence-electron chi connectivity index (χ3n) is 4.78. The van der Waals surface area contributed by atoms with Crippen LogP contribution in [-0.4, -0.2) is 41.8 Å². The molecule has 2 unspecified atom stereocenters. The maximum Gasteiger partial charge on any atom is 0.359 e. The first-order valence-electron chi connectivity index (χ1n) is 7.73. The maximum absolute atomic E-state index is 15.0. The molecule has 0 aliphatic carbocycles. The maximum atomic E-state index is 15.0. The highest BCUT2D eigenvalue weighted by Crippen LogP contribution is 2.46. The molecule has 2 aliphatic rings. The van der Waals surface area contributed by atoms with Gasteiger partial charge in [-0.05, 0) is 13.8 Å². The first kappa shape index (κ1) is 18.5. The molecule has 10 heteroatoms. The third kappa shape index (κ3) is 2.79. The number of hydrogen-bond donors (Lipinski definition) is 0. The number of aromatic nitrogens is 2. The highest BCUT2D eigenvalue weighted by molar-refractivity contribution is 14.1. The van der Waals surface area contributed by atoms with E-state index in [1.54, 1.807) is 18.7 Å². The van der Waals surface area contributed by atoms with E-state index in [-0.39, 0.29) is 11.6 Å². The van der Waals surface area contributed by atoms with Gasteiger partial charge < -0.3 is 4.90 Å². The largest absolute Gasteiger partial charge is 0.359 e. The van der Waals surface area contributed by atoms with Gasteiger partial charge >= 0.3 is 5.69 Å². The first-order valence-corrected chi connectivity index (χ1v) is 11.0. The van der Waals surface area contributed by atoms with Crippen molar-refractivity contribution in [1.82, 2.24) is 10.9 Å². The summed E-state index contributed by atoms with van der Waals surface area (Å²) >= 11 is 12.3. The summed E-state index contributed by atoms with van der Waals surface area (Å²) in [5, 5.41) is 1.08. The van der Waals surface area contributed by atoms with Crippen molar-refractivity contribution in [3.05, 3.63) is 26.9 Å². The summed E-state index contributed by atoms with van der Waals surface area (Å²) in [5.74, 6) is 0.936. The van der Waals surface area contributed by atoms with Gasteiger partial charge in [-0.3, -0.25) is 0 Å². The van der Waals surface area contributed by atoms with Gasteiger partial charge in [-0.25, -0.2) is 15.1 Å². The molecule has 134 valence electrons. The van der Waals surface area contributed by atoms with E-state index >= 15 is 4.39 Å². The summed E-state index contributed by atoms with van der Waals surface area (Å²) in [5.41, 5.74) is 0.206. The highest BCUT2D eigenvalue weighted by Gasteiger charge is 2.37. The molecule has 2 aromatic rings. The molecule has 0 amide bonds. The summed E-state index contributed by atoms with van der Waals surface area (Å²) in [6.45, 7) is 5.40. The van der Waals surface area contributed by atoms with Crippen molar-refractivity contribution in [3.63, 3.8) is 0 Å². The minimum Gasteiger partial charge on any atom is -0.349 e. The standard InChI is InChI=1S/C15H14ClFI2N4OS/c1-6-3-21-8(4-22(6)18)5-25-13-9-12(11(17)7(2)10(13)16)23(19)15(24)20-14(9)21/h6,8H,3-5H2,1-2H3. The van der Waals surface area contributed by atoms with Crippen LogP contribution in [0.3, 0.4) is 0 Å². The van der Waals surface area contributed by atoms with Crippen molar-refractivity contribution >= 4 is 85.8 Å². The minimum atomic E-state index is -0.454. The highest BCUT2D eigenvalue weighted by atomic mass is 127. The summed E-state index contributed by atoms with van der Waals surface area (Å²) in [6.07, 6.45) is 0. The van der Waals surface area contributed by atoms with E-state index in [2.05, 4.69) is 42.8 Å². The van der Waals surface area contributed by atoms with Gasteiger partial charge in [0.15, 0.2) is 5.82 Å². The molecular weight excluding hydrogens is 593 g/mol. The molecular formula is C15H14ClFI2N4OS. The number of piperazine rings is 1. The molecule has 25 heavy (non-hydrogen) atoms. The van der Waals surface area contributed by atoms with Crippen LogP contribution in [0.5, 0.6) is 0 Å². The number of fused-ring (bicyclic) bond motifs is 2. The summed E-state index contributed by atoms with van der Waals surface area (Å²) in [4.78, 5) is 19.7. The third-order valence-corrected chi connectivity index (χ3v) is 8.85. The quantitative estimate of drug-likeness (QED) is 0.335. The summed E-state index contributed by atoms with van der Waals surface area (Å²) < 4.78 is 18.5. The molecule has 0 bridgehead atoms. The Morgan fingerprint density at radius 3 is 2.80 bits per heavy atom. The van der Waals surface area contributed by atoms with E-state index in [1.165, 1.54) is 2.78 Å². The van der Waals surface area contributed by atoms with Crippen LogP contribution in [0.2, 0.25) is 5.02 Å². The number of nitrogens with zero attached hydrogens (tertiary/aromatic N) is 4. The lowest BCUT2D eigenvalue weighted by atomic mass is 10.1. The Labute approximate surface area is 181 Å². The predicted octanol–water partition coefficient (Wildman–Crippen LogP) is 4.03. The van der Waals surface area contributed by atoms with Crippen molar-refractivity contribution in [2.45, 2.75) is 30.8 Å². The second-order valence-corrected chi connectivity index (χ2v) is 9.97. The molecule has 5 nitrogen and oxygen atoms in total. The molecule has 2 atom stereocenters. The first-order chi connectivity index (χ1) is 11.8. The molecule has 1 aromatic carbocycles. The van der Waals surface area contributed by atoms with Gasteiger partial charge in [0, 0.05) is 58.2 Å². The second-order valence-electron chi connectivity index (χ2n) is 6.35. The Morgan fingerprint density at radius 1 is 1.36 bits per heavy atom. The van der Waals surface area contributed by atoms with Gasteiger partial charge in [0.2, 0.25) is 0 Å². The molecule has 0 spiro atoms. The topological polar surface area (TPSA) is 41.4 Å². The Morgan fingerprint density at radius 2 is 2.08 bits per heavy atom. The lowest BCUT2D eigenvalue weighted by Gasteiger charge is -2.42.